The molecule has 0 unspecified atom stereocenters. The van der Waals surface area contributed by atoms with Gasteiger partial charge in [-0.3, -0.25) is 0 Å². The number of halogens is 2. The van der Waals surface area contributed by atoms with E-state index in [2.05, 4.69) is 0 Å². The highest BCUT2D eigenvalue weighted by Crippen LogP contribution is 2.38. The standard InChI is InChI=1S/C15H21BCl2O3/c1-9(2)19-13-11(17)7-10(8-12(13)18)16-20-14(3,4)15(5,6)21-16/h7-9H,1-6H3. The van der Waals surface area contributed by atoms with E-state index in [1.807, 2.05) is 41.5 Å². The fraction of sp³-hybridized carbons (Fsp3) is 0.600. The van der Waals surface area contributed by atoms with Crippen LogP contribution < -0.4 is 10.2 Å². The molecule has 0 amide bonds. The summed E-state index contributed by atoms with van der Waals surface area (Å²) in [5.41, 5.74) is -0.00673. The molecule has 0 radical (unpaired) electrons. The summed E-state index contributed by atoms with van der Waals surface area (Å²) in [4.78, 5) is 0. The van der Waals surface area contributed by atoms with Crippen molar-refractivity contribution in [2.45, 2.75) is 58.8 Å². The Balaban J connectivity index is 2.31. The fourth-order valence-corrected chi connectivity index (χ4v) is 2.64. The van der Waals surface area contributed by atoms with E-state index >= 15 is 0 Å². The predicted molar refractivity (Wildman–Crippen MR) is 87.9 cm³/mol. The van der Waals surface area contributed by atoms with Gasteiger partial charge >= 0.3 is 7.12 Å². The van der Waals surface area contributed by atoms with E-state index < -0.39 is 18.3 Å². The predicted octanol–water partition coefficient (Wildman–Crippen LogP) is 4.08. The van der Waals surface area contributed by atoms with E-state index in [0.717, 1.165) is 5.46 Å². The number of rotatable bonds is 3. The third-order valence-electron chi connectivity index (χ3n) is 3.90. The Morgan fingerprint density at radius 2 is 1.43 bits per heavy atom. The normalized spacial score (nSPS) is 20.1. The molecule has 3 nitrogen and oxygen atoms in total. The summed E-state index contributed by atoms with van der Waals surface area (Å²) in [6.07, 6.45) is 0.00250. The lowest BCUT2D eigenvalue weighted by atomic mass is 9.79. The highest BCUT2D eigenvalue weighted by molar-refractivity contribution is 6.63. The van der Waals surface area contributed by atoms with E-state index in [9.17, 15) is 0 Å². The van der Waals surface area contributed by atoms with Gasteiger partial charge in [0.2, 0.25) is 0 Å². The van der Waals surface area contributed by atoms with Gasteiger partial charge in [0.05, 0.1) is 27.4 Å². The van der Waals surface area contributed by atoms with E-state index in [1.54, 1.807) is 12.1 Å². The van der Waals surface area contributed by atoms with Crippen LogP contribution in [0.15, 0.2) is 12.1 Å². The SMILES string of the molecule is CC(C)Oc1c(Cl)cc(B2OC(C)(C)C(C)(C)O2)cc1Cl. The molecule has 116 valence electrons. The molecular formula is C15H21BCl2O3. The molecule has 0 saturated carbocycles. The van der Waals surface area contributed by atoms with Gasteiger partial charge in [0.15, 0.2) is 5.75 Å². The number of ether oxygens (including phenoxy) is 1. The van der Waals surface area contributed by atoms with Gasteiger partial charge < -0.3 is 14.0 Å². The quantitative estimate of drug-likeness (QED) is 0.781. The largest absolute Gasteiger partial charge is 0.494 e. The van der Waals surface area contributed by atoms with Crippen molar-refractivity contribution in [3.63, 3.8) is 0 Å². The zero-order chi connectivity index (χ0) is 16.0. The maximum Gasteiger partial charge on any atom is 0.494 e. The van der Waals surface area contributed by atoms with Crippen LogP contribution in [0.4, 0.5) is 0 Å². The minimum absolute atomic E-state index is 0.00250. The van der Waals surface area contributed by atoms with E-state index in [1.165, 1.54) is 0 Å². The fourth-order valence-electron chi connectivity index (χ4n) is 2.04. The average molecular weight is 331 g/mol. The molecule has 1 aromatic carbocycles. The van der Waals surface area contributed by atoms with Crippen LogP contribution in [0, 0.1) is 0 Å². The molecule has 6 heteroatoms. The molecule has 1 aromatic rings. The van der Waals surface area contributed by atoms with Crippen molar-refractivity contribution in [2.75, 3.05) is 0 Å². The number of benzene rings is 1. The van der Waals surface area contributed by atoms with Crippen LogP contribution in [0.5, 0.6) is 5.75 Å². The highest BCUT2D eigenvalue weighted by atomic mass is 35.5. The Labute approximate surface area is 137 Å². The second-order valence-electron chi connectivity index (χ2n) is 6.57. The summed E-state index contributed by atoms with van der Waals surface area (Å²) >= 11 is 12.6. The van der Waals surface area contributed by atoms with Crippen LogP contribution in [0.1, 0.15) is 41.5 Å². The van der Waals surface area contributed by atoms with Gasteiger partial charge in [0.1, 0.15) is 0 Å². The van der Waals surface area contributed by atoms with Gasteiger partial charge in [-0.1, -0.05) is 23.2 Å². The van der Waals surface area contributed by atoms with Crippen molar-refractivity contribution < 1.29 is 14.0 Å². The topological polar surface area (TPSA) is 27.7 Å². The maximum atomic E-state index is 6.28. The first-order chi connectivity index (χ1) is 9.53. The van der Waals surface area contributed by atoms with Crippen LogP contribution in [0.2, 0.25) is 10.0 Å². The van der Waals surface area contributed by atoms with Gasteiger partial charge in [-0.15, -0.1) is 0 Å². The molecule has 0 aromatic heterocycles. The van der Waals surface area contributed by atoms with Gasteiger partial charge in [0, 0.05) is 0 Å². The van der Waals surface area contributed by atoms with Gasteiger partial charge in [0.25, 0.3) is 0 Å². The summed E-state index contributed by atoms with van der Waals surface area (Å²) < 4.78 is 17.6. The zero-order valence-electron chi connectivity index (χ0n) is 13.3. The minimum Gasteiger partial charge on any atom is -0.488 e. The summed E-state index contributed by atoms with van der Waals surface area (Å²) in [6.45, 7) is 11.9. The molecule has 1 aliphatic rings. The molecule has 0 aliphatic carbocycles. The monoisotopic (exact) mass is 330 g/mol. The molecule has 1 fully saturated rings. The third-order valence-corrected chi connectivity index (χ3v) is 4.46. The molecule has 2 rings (SSSR count). The van der Waals surface area contributed by atoms with Crippen LogP contribution in [0.25, 0.3) is 0 Å². The third kappa shape index (κ3) is 3.34. The lowest BCUT2D eigenvalue weighted by Gasteiger charge is -2.32. The van der Waals surface area contributed by atoms with Gasteiger partial charge in [-0.25, -0.2) is 0 Å². The summed E-state index contributed by atoms with van der Waals surface area (Å²) in [5.74, 6) is 0.494. The molecular weight excluding hydrogens is 310 g/mol. The molecule has 1 aliphatic heterocycles. The number of hydrogen-bond acceptors (Lipinski definition) is 3. The van der Waals surface area contributed by atoms with Crippen LogP contribution in [-0.2, 0) is 9.31 Å². The molecule has 1 heterocycles. The zero-order valence-corrected chi connectivity index (χ0v) is 14.8. The first kappa shape index (κ1) is 16.9. The van der Waals surface area contributed by atoms with Crippen molar-refractivity contribution in [1.29, 1.82) is 0 Å². The van der Waals surface area contributed by atoms with E-state index in [4.69, 9.17) is 37.2 Å². The smallest absolute Gasteiger partial charge is 0.488 e. The van der Waals surface area contributed by atoms with Crippen molar-refractivity contribution in [2.24, 2.45) is 0 Å². The molecule has 0 atom stereocenters. The average Bonchev–Trinajstić information content (AvgIpc) is 2.53. The second kappa shape index (κ2) is 5.66. The first-order valence-electron chi connectivity index (χ1n) is 7.05. The Morgan fingerprint density at radius 3 is 1.81 bits per heavy atom. The first-order valence-corrected chi connectivity index (χ1v) is 7.80. The second-order valence-corrected chi connectivity index (χ2v) is 7.38. The highest BCUT2D eigenvalue weighted by Gasteiger charge is 2.51. The lowest BCUT2D eigenvalue weighted by molar-refractivity contribution is 0.00578. The maximum absolute atomic E-state index is 6.28. The lowest BCUT2D eigenvalue weighted by Crippen LogP contribution is -2.41. The Morgan fingerprint density at radius 1 is 1.00 bits per heavy atom. The van der Waals surface area contributed by atoms with Crippen molar-refractivity contribution in [3.8, 4) is 5.75 Å². The van der Waals surface area contributed by atoms with Crippen molar-refractivity contribution in [3.05, 3.63) is 22.2 Å². The number of hydrogen-bond donors (Lipinski definition) is 0. The molecule has 1 saturated heterocycles. The molecule has 0 spiro atoms. The summed E-state index contributed by atoms with van der Waals surface area (Å²) in [6, 6.07) is 3.57. The van der Waals surface area contributed by atoms with Gasteiger partial charge in [-0.2, -0.15) is 0 Å². The summed E-state index contributed by atoms with van der Waals surface area (Å²) in [7, 11) is -0.488. The molecule has 0 N–H and O–H groups in total. The van der Waals surface area contributed by atoms with E-state index in [0.29, 0.717) is 15.8 Å². The van der Waals surface area contributed by atoms with Crippen LogP contribution in [-0.4, -0.2) is 24.4 Å². The van der Waals surface area contributed by atoms with E-state index in [-0.39, 0.29) is 6.10 Å². The Bertz CT molecular complexity index is 505. The van der Waals surface area contributed by atoms with Gasteiger partial charge in [-0.05, 0) is 59.1 Å². The molecule has 0 bridgehead atoms. The Hall–Kier alpha value is -0.415. The molecule has 21 heavy (non-hydrogen) atoms. The minimum atomic E-state index is -0.488. The van der Waals surface area contributed by atoms with Crippen molar-refractivity contribution in [1.82, 2.24) is 0 Å². The Kier molecular flexibility index (Phi) is 4.56. The van der Waals surface area contributed by atoms with Crippen molar-refractivity contribution >= 4 is 35.8 Å². The van der Waals surface area contributed by atoms with Crippen LogP contribution in [0.3, 0.4) is 0 Å². The van der Waals surface area contributed by atoms with Crippen LogP contribution >= 0.6 is 23.2 Å². The summed E-state index contributed by atoms with van der Waals surface area (Å²) in [5, 5.41) is 0.918.